The Balaban J connectivity index is 2.41. The van der Waals surface area contributed by atoms with Crippen molar-refractivity contribution >= 4 is 7.94 Å². The van der Waals surface area contributed by atoms with Crippen LogP contribution in [0.4, 0.5) is 0 Å². The van der Waals surface area contributed by atoms with Crippen molar-refractivity contribution in [1.29, 1.82) is 0 Å². The predicted molar refractivity (Wildman–Crippen MR) is 58.9 cm³/mol. The van der Waals surface area contributed by atoms with Gasteiger partial charge in [0.15, 0.2) is 0 Å². The van der Waals surface area contributed by atoms with Crippen molar-refractivity contribution in [2.24, 2.45) is 5.92 Å². The monoisotopic (exact) mass is 240 g/mol. The molecule has 15 heavy (non-hydrogen) atoms. The standard InChI is InChI=1S/C9H21O5P/c1-9(2)13-5-8(6-14-9)7-15(10,11-3)12-4/h8,10,15H,5-7H2,1-4H3. The van der Waals surface area contributed by atoms with Gasteiger partial charge in [-0.1, -0.05) is 0 Å². The molecule has 0 aliphatic carbocycles. The van der Waals surface area contributed by atoms with E-state index in [2.05, 4.69) is 0 Å². The summed E-state index contributed by atoms with van der Waals surface area (Å²) >= 11 is 0. The molecule has 0 atom stereocenters. The van der Waals surface area contributed by atoms with E-state index >= 15 is 0 Å². The van der Waals surface area contributed by atoms with Gasteiger partial charge in [0.05, 0.1) is 0 Å². The van der Waals surface area contributed by atoms with E-state index in [0.29, 0.717) is 19.4 Å². The van der Waals surface area contributed by atoms with Crippen molar-refractivity contribution in [3.63, 3.8) is 0 Å². The summed E-state index contributed by atoms with van der Waals surface area (Å²) in [7, 11) is -0.0661. The molecule has 0 aromatic rings. The van der Waals surface area contributed by atoms with E-state index in [1.165, 1.54) is 14.2 Å². The minimum atomic E-state index is -2.99. The van der Waals surface area contributed by atoms with Crippen molar-refractivity contribution in [2.75, 3.05) is 33.6 Å². The molecular weight excluding hydrogens is 219 g/mol. The van der Waals surface area contributed by atoms with E-state index < -0.39 is 13.7 Å². The molecule has 0 bridgehead atoms. The first-order valence-electron chi connectivity index (χ1n) is 5.01. The first kappa shape index (κ1) is 13.3. The molecule has 0 unspecified atom stereocenters. The van der Waals surface area contributed by atoms with Gasteiger partial charge in [-0.05, 0) is 0 Å². The first-order valence-corrected chi connectivity index (χ1v) is 6.98. The fourth-order valence-corrected chi connectivity index (χ4v) is 2.92. The van der Waals surface area contributed by atoms with Crippen LogP contribution in [-0.2, 0) is 18.5 Å². The van der Waals surface area contributed by atoms with Crippen LogP contribution < -0.4 is 0 Å². The normalized spacial score (nSPS) is 24.1. The second-order valence-corrected chi connectivity index (χ2v) is 6.86. The zero-order chi connectivity index (χ0) is 11.5. The van der Waals surface area contributed by atoms with E-state index in [1.807, 2.05) is 13.8 Å². The zero-order valence-electron chi connectivity index (χ0n) is 9.78. The quantitative estimate of drug-likeness (QED) is 0.747. The van der Waals surface area contributed by atoms with Crippen molar-refractivity contribution in [2.45, 2.75) is 19.6 Å². The molecule has 1 saturated heterocycles. The van der Waals surface area contributed by atoms with Gasteiger partial charge in [0, 0.05) is 0 Å². The summed E-state index contributed by atoms with van der Waals surface area (Å²) in [6.45, 7) is 4.88. The molecule has 1 aliphatic rings. The molecule has 1 heterocycles. The SMILES string of the molecule is CO[PH](O)(CC1COC(C)(C)OC1)OC. The molecule has 0 spiro atoms. The molecular formula is C9H21O5P. The van der Waals surface area contributed by atoms with Crippen LogP contribution >= 0.6 is 7.94 Å². The maximum atomic E-state index is 9.89. The van der Waals surface area contributed by atoms with Gasteiger partial charge in [0.2, 0.25) is 0 Å². The van der Waals surface area contributed by atoms with Gasteiger partial charge in [-0.25, -0.2) is 0 Å². The number of ether oxygens (including phenoxy) is 2. The molecule has 0 radical (unpaired) electrons. The molecule has 0 aromatic heterocycles. The van der Waals surface area contributed by atoms with Crippen LogP contribution in [0.25, 0.3) is 0 Å². The summed E-state index contributed by atoms with van der Waals surface area (Å²) in [5.41, 5.74) is 0. The summed E-state index contributed by atoms with van der Waals surface area (Å²) < 4.78 is 21.0. The number of rotatable bonds is 4. The van der Waals surface area contributed by atoms with Gasteiger partial charge < -0.3 is 0 Å². The molecule has 1 aliphatic heterocycles. The summed E-state index contributed by atoms with van der Waals surface area (Å²) in [5, 5.41) is 0. The van der Waals surface area contributed by atoms with Crippen LogP contribution in [0.2, 0.25) is 0 Å². The van der Waals surface area contributed by atoms with Crippen LogP contribution in [-0.4, -0.2) is 44.3 Å². The molecule has 5 nitrogen and oxygen atoms in total. The van der Waals surface area contributed by atoms with Crippen molar-refractivity contribution in [3.05, 3.63) is 0 Å². The van der Waals surface area contributed by atoms with E-state index in [0.717, 1.165) is 0 Å². The van der Waals surface area contributed by atoms with Crippen molar-refractivity contribution in [3.8, 4) is 0 Å². The number of hydrogen-bond acceptors (Lipinski definition) is 5. The van der Waals surface area contributed by atoms with Crippen molar-refractivity contribution < 1.29 is 23.4 Å². The van der Waals surface area contributed by atoms with Crippen LogP contribution in [0.15, 0.2) is 0 Å². The van der Waals surface area contributed by atoms with Crippen molar-refractivity contribution in [1.82, 2.24) is 0 Å². The molecule has 0 aromatic carbocycles. The fraction of sp³-hybridized carbons (Fsp3) is 1.00. The van der Waals surface area contributed by atoms with Crippen LogP contribution in [0.3, 0.4) is 0 Å². The van der Waals surface area contributed by atoms with Crippen LogP contribution in [0, 0.1) is 5.92 Å². The van der Waals surface area contributed by atoms with Gasteiger partial charge in [-0.2, -0.15) is 0 Å². The Bertz CT molecular complexity index is 195. The average Bonchev–Trinajstić information content (AvgIpc) is 2.21. The predicted octanol–water partition coefficient (Wildman–Crippen LogP) is 1.17. The molecule has 6 heteroatoms. The van der Waals surface area contributed by atoms with Gasteiger partial charge in [0.1, 0.15) is 0 Å². The Morgan fingerprint density at radius 3 is 2.13 bits per heavy atom. The van der Waals surface area contributed by atoms with Gasteiger partial charge >= 0.3 is 90.5 Å². The first-order chi connectivity index (χ1) is 6.91. The Morgan fingerprint density at radius 2 is 1.73 bits per heavy atom. The third kappa shape index (κ3) is 3.94. The molecule has 1 fully saturated rings. The molecule has 1 rings (SSSR count). The summed E-state index contributed by atoms with van der Waals surface area (Å²) in [6.07, 6.45) is 0.468. The summed E-state index contributed by atoms with van der Waals surface area (Å²) in [6, 6.07) is 0. The molecule has 1 N–H and O–H groups in total. The maximum absolute atomic E-state index is 9.89. The summed E-state index contributed by atoms with van der Waals surface area (Å²) in [5.74, 6) is -0.384. The van der Waals surface area contributed by atoms with Crippen LogP contribution in [0.5, 0.6) is 0 Å². The fourth-order valence-electron chi connectivity index (χ4n) is 1.46. The van der Waals surface area contributed by atoms with E-state index in [9.17, 15) is 4.89 Å². The van der Waals surface area contributed by atoms with Gasteiger partial charge in [-0.3, -0.25) is 0 Å². The Kier molecular flexibility index (Phi) is 4.47. The Morgan fingerprint density at radius 1 is 1.27 bits per heavy atom. The second-order valence-electron chi connectivity index (χ2n) is 4.21. The molecule has 92 valence electrons. The average molecular weight is 240 g/mol. The molecule has 0 amide bonds. The number of hydrogen-bond donors (Lipinski definition) is 1. The van der Waals surface area contributed by atoms with Gasteiger partial charge in [0.25, 0.3) is 0 Å². The third-order valence-electron chi connectivity index (χ3n) is 2.52. The van der Waals surface area contributed by atoms with E-state index in [4.69, 9.17) is 18.5 Å². The Hall–Kier alpha value is 0.230. The third-order valence-corrected chi connectivity index (χ3v) is 4.89. The summed E-state index contributed by atoms with van der Waals surface area (Å²) in [4.78, 5) is 9.89. The Labute approximate surface area is 91.2 Å². The van der Waals surface area contributed by atoms with E-state index in [1.54, 1.807) is 0 Å². The molecule has 0 saturated carbocycles. The minimum absolute atomic E-state index is 0.134. The van der Waals surface area contributed by atoms with E-state index in [-0.39, 0.29) is 5.92 Å². The van der Waals surface area contributed by atoms with Crippen LogP contribution in [0.1, 0.15) is 13.8 Å². The topological polar surface area (TPSA) is 57.2 Å². The zero-order valence-corrected chi connectivity index (χ0v) is 10.8. The van der Waals surface area contributed by atoms with Gasteiger partial charge in [-0.15, -0.1) is 0 Å². The second kappa shape index (κ2) is 5.04.